The van der Waals surface area contributed by atoms with Crippen LogP contribution in [0.25, 0.3) is 0 Å². The normalized spacial score (nSPS) is 14.5. The Bertz CT molecular complexity index is 423. The highest BCUT2D eigenvalue weighted by atomic mass is 32.2. The number of rotatable bonds is 4. The second-order valence-electron chi connectivity index (χ2n) is 3.76. The molecule has 1 aromatic heterocycles. The zero-order valence-electron chi connectivity index (χ0n) is 9.31. The van der Waals surface area contributed by atoms with Crippen molar-refractivity contribution in [2.24, 2.45) is 0 Å². The molecule has 0 radical (unpaired) electrons. The van der Waals surface area contributed by atoms with Gasteiger partial charge in [0.2, 0.25) is 10.0 Å². The second kappa shape index (κ2) is 4.59. The molecule has 0 aliphatic carbocycles. The van der Waals surface area contributed by atoms with E-state index in [1.807, 2.05) is 12.3 Å². The molecule has 0 spiro atoms. The quantitative estimate of drug-likeness (QED) is 0.884. The summed E-state index contributed by atoms with van der Waals surface area (Å²) in [6.45, 7) is 7.01. The van der Waals surface area contributed by atoms with Crippen LogP contribution in [0.5, 0.6) is 0 Å². The van der Waals surface area contributed by atoms with Gasteiger partial charge in [-0.05, 0) is 27.7 Å². The van der Waals surface area contributed by atoms with Gasteiger partial charge in [0.15, 0.2) is 0 Å². The maximum Gasteiger partial charge on any atom is 0.214 e. The van der Waals surface area contributed by atoms with E-state index in [2.05, 4.69) is 9.71 Å². The van der Waals surface area contributed by atoms with Gasteiger partial charge < -0.3 is 0 Å². The Morgan fingerprint density at radius 3 is 2.40 bits per heavy atom. The Morgan fingerprint density at radius 1 is 1.40 bits per heavy atom. The van der Waals surface area contributed by atoms with Gasteiger partial charge in [0, 0.05) is 11.1 Å². The summed E-state index contributed by atoms with van der Waals surface area (Å²) in [6, 6.07) is -0.254. The predicted molar refractivity (Wildman–Crippen MR) is 62.5 cm³/mol. The van der Waals surface area contributed by atoms with E-state index in [1.165, 1.54) is 11.3 Å². The number of hydrogen-bond donors (Lipinski definition) is 1. The molecule has 0 amide bonds. The lowest BCUT2D eigenvalue weighted by molar-refractivity contribution is 0.557. The highest BCUT2D eigenvalue weighted by Crippen LogP contribution is 2.18. The van der Waals surface area contributed by atoms with Crippen LogP contribution in [0.1, 0.15) is 37.5 Å². The van der Waals surface area contributed by atoms with E-state index >= 15 is 0 Å². The van der Waals surface area contributed by atoms with Crippen LogP contribution in [0.4, 0.5) is 0 Å². The lowest BCUT2D eigenvalue weighted by atomic mass is 10.4. The first-order chi connectivity index (χ1) is 6.83. The summed E-state index contributed by atoms with van der Waals surface area (Å²) in [5, 5.41) is 2.30. The van der Waals surface area contributed by atoms with E-state index < -0.39 is 15.3 Å². The number of hydrogen-bond acceptors (Lipinski definition) is 4. The van der Waals surface area contributed by atoms with Crippen LogP contribution < -0.4 is 4.72 Å². The number of nitrogens with one attached hydrogen (secondary N) is 1. The van der Waals surface area contributed by atoms with Crippen LogP contribution in [0.3, 0.4) is 0 Å². The van der Waals surface area contributed by atoms with Crippen molar-refractivity contribution in [1.29, 1.82) is 0 Å². The maximum absolute atomic E-state index is 11.6. The zero-order chi connectivity index (χ0) is 11.6. The molecule has 0 fully saturated rings. The van der Waals surface area contributed by atoms with Gasteiger partial charge in [-0.1, -0.05) is 0 Å². The molecule has 0 saturated carbocycles. The van der Waals surface area contributed by atoms with Crippen molar-refractivity contribution in [2.45, 2.75) is 39.0 Å². The van der Waals surface area contributed by atoms with Crippen molar-refractivity contribution in [1.82, 2.24) is 9.71 Å². The largest absolute Gasteiger partial charge is 0.245 e. The average Bonchev–Trinajstić information content (AvgIpc) is 2.50. The third-order valence-corrected chi connectivity index (χ3v) is 5.04. The molecule has 1 heterocycles. The van der Waals surface area contributed by atoms with Crippen molar-refractivity contribution in [2.75, 3.05) is 0 Å². The molecular weight excluding hydrogens is 232 g/mol. The van der Waals surface area contributed by atoms with Crippen LogP contribution in [0.2, 0.25) is 0 Å². The van der Waals surface area contributed by atoms with E-state index in [9.17, 15) is 8.42 Å². The molecule has 15 heavy (non-hydrogen) atoms. The first kappa shape index (κ1) is 12.6. The second-order valence-corrected chi connectivity index (χ2v) is 6.92. The Hall–Kier alpha value is -0.460. The number of thiazole rings is 1. The first-order valence-electron chi connectivity index (χ1n) is 4.76. The molecule has 1 aromatic rings. The summed E-state index contributed by atoms with van der Waals surface area (Å²) in [5.74, 6) is 0. The summed E-state index contributed by atoms with van der Waals surface area (Å²) >= 11 is 1.47. The van der Waals surface area contributed by atoms with Gasteiger partial charge in [-0.2, -0.15) is 0 Å². The topological polar surface area (TPSA) is 59.1 Å². The van der Waals surface area contributed by atoms with Crippen LogP contribution in [-0.2, 0) is 10.0 Å². The number of aromatic nitrogens is 1. The maximum atomic E-state index is 11.6. The highest BCUT2D eigenvalue weighted by molar-refractivity contribution is 7.90. The molecule has 6 heteroatoms. The highest BCUT2D eigenvalue weighted by Gasteiger charge is 2.20. The minimum Gasteiger partial charge on any atom is -0.245 e. The Balaban J connectivity index is 2.76. The molecule has 86 valence electrons. The summed E-state index contributed by atoms with van der Waals surface area (Å²) in [6.07, 6.45) is 0. The standard InChI is InChI=1S/C9H16N2O2S2/c1-6(2)15(12,13)11-8(4)9-10-7(3)5-14-9/h5-6,8,11H,1-4H3. The van der Waals surface area contributed by atoms with Crippen LogP contribution in [0, 0.1) is 6.92 Å². The third kappa shape index (κ3) is 3.25. The van der Waals surface area contributed by atoms with Gasteiger partial charge in [0.1, 0.15) is 5.01 Å². The molecule has 1 N–H and O–H groups in total. The molecule has 0 bridgehead atoms. The lowest BCUT2D eigenvalue weighted by Gasteiger charge is -2.13. The van der Waals surface area contributed by atoms with E-state index in [-0.39, 0.29) is 6.04 Å². The van der Waals surface area contributed by atoms with Gasteiger partial charge in [-0.3, -0.25) is 0 Å². The molecule has 1 unspecified atom stereocenters. The molecular formula is C9H16N2O2S2. The fourth-order valence-electron chi connectivity index (χ4n) is 1.00. The minimum atomic E-state index is -3.22. The molecule has 0 aliphatic rings. The minimum absolute atomic E-state index is 0.254. The molecule has 4 nitrogen and oxygen atoms in total. The zero-order valence-corrected chi connectivity index (χ0v) is 10.9. The lowest BCUT2D eigenvalue weighted by Crippen LogP contribution is -2.32. The monoisotopic (exact) mass is 248 g/mol. The van der Waals surface area contributed by atoms with Crippen LogP contribution in [-0.4, -0.2) is 18.7 Å². The Labute approximate surface area is 94.8 Å². The molecule has 0 aliphatic heterocycles. The van der Waals surface area contributed by atoms with Crippen molar-refractivity contribution >= 4 is 21.4 Å². The molecule has 0 aromatic carbocycles. The van der Waals surface area contributed by atoms with Gasteiger partial charge in [0.25, 0.3) is 0 Å². The van der Waals surface area contributed by atoms with Crippen molar-refractivity contribution in [3.05, 3.63) is 16.1 Å². The summed E-state index contributed by atoms with van der Waals surface area (Å²) in [7, 11) is -3.22. The van der Waals surface area contributed by atoms with E-state index in [4.69, 9.17) is 0 Å². The van der Waals surface area contributed by atoms with E-state index in [0.717, 1.165) is 10.7 Å². The Morgan fingerprint density at radius 2 is 2.00 bits per heavy atom. The summed E-state index contributed by atoms with van der Waals surface area (Å²) in [4.78, 5) is 4.25. The van der Waals surface area contributed by atoms with E-state index in [0.29, 0.717) is 0 Å². The van der Waals surface area contributed by atoms with Gasteiger partial charge in [-0.15, -0.1) is 11.3 Å². The first-order valence-corrected chi connectivity index (χ1v) is 7.18. The van der Waals surface area contributed by atoms with Gasteiger partial charge in [0.05, 0.1) is 11.3 Å². The summed E-state index contributed by atoms with van der Waals surface area (Å²) in [5.41, 5.74) is 0.922. The number of sulfonamides is 1. The third-order valence-electron chi connectivity index (χ3n) is 1.97. The average molecular weight is 248 g/mol. The predicted octanol–water partition coefficient (Wildman–Crippen LogP) is 1.84. The fourth-order valence-corrected chi connectivity index (χ4v) is 2.76. The number of nitrogens with zero attached hydrogens (tertiary/aromatic N) is 1. The Kier molecular flexibility index (Phi) is 3.86. The molecule has 1 atom stereocenters. The number of aryl methyl sites for hydroxylation is 1. The van der Waals surface area contributed by atoms with Crippen molar-refractivity contribution < 1.29 is 8.42 Å². The van der Waals surface area contributed by atoms with Crippen molar-refractivity contribution in [3.63, 3.8) is 0 Å². The van der Waals surface area contributed by atoms with Crippen molar-refractivity contribution in [3.8, 4) is 0 Å². The van der Waals surface area contributed by atoms with Crippen LogP contribution >= 0.6 is 11.3 Å². The fraction of sp³-hybridized carbons (Fsp3) is 0.667. The molecule has 0 saturated heterocycles. The van der Waals surface area contributed by atoms with E-state index in [1.54, 1.807) is 20.8 Å². The van der Waals surface area contributed by atoms with Gasteiger partial charge >= 0.3 is 0 Å². The van der Waals surface area contributed by atoms with Crippen LogP contribution in [0.15, 0.2) is 5.38 Å². The summed E-state index contributed by atoms with van der Waals surface area (Å²) < 4.78 is 25.8. The smallest absolute Gasteiger partial charge is 0.214 e. The SMILES string of the molecule is Cc1csc(C(C)NS(=O)(=O)C(C)C)n1. The molecule has 1 rings (SSSR count). The van der Waals surface area contributed by atoms with Gasteiger partial charge in [-0.25, -0.2) is 18.1 Å².